The molecule has 0 saturated heterocycles. The van der Waals surface area contributed by atoms with Gasteiger partial charge in [0.1, 0.15) is 18.2 Å². The maximum atomic E-state index is 13.9. The fourth-order valence-corrected chi connectivity index (χ4v) is 2.83. The van der Waals surface area contributed by atoms with Gasteiger partial charge in [0.2, 0.25) is 0 Å². The molecule has 0 spiro atoms. The van der Waals surface area contributed by atoms with Crippen molar-refractivity contribution in [2.75, 3.05) is 12.4 Å². The van der Waals surface area contributed by atoms with E-state index in [9.17, 15) is 32.3 Å². The molecule has 1 atom stereocenters. The first-order chi connectivity index (χ1) is 15.4. The van der Waals surface area contributed by atoms with Crippen molar-refractivity contribution in [1.82, 2.24) is 0 Å². The average Bonchev–Trinajstić information content (AvgIpc) is 2.72. The van der Waals surface area contributed by atoms with Crippen LogP contribution in [-0.4, -0.2) is 36.5 Å². The molecule has 2 aromatic carbocycles. The molecule has 0 radical (unpaired) electrons. The zero-order valence-corrected chi connectivity index (χ0v) is 18.0. The summed E-state index contributed by atoms with van der Waals surface area (Å²) >= 11 is 0. The van der Waals surface area contributed by atoms with Gasteiger partial charge in [-0.25, -0.2) is 14.0 Å². The van der Waals surface area contributed by atoms with E-state index in [1.54, 1.807) is 19.9 Å². The third-order valence-electron chi connectivity index (χ3n) is 4.37. The largest absolute Gasteiger partial charge is 0.495 e. The van der Waals surface area contributed by atoms with E-state index in [-0.39, 0.29) is 29.5 Å². The van der Waals surface area contributed by atoms with Crippen LogP contribution in [0.3, 0.4) is 0 Å². The normalized spacial score (nSPS) is 12.4. The summed E-state index contributed by atoms with van der Waals surface area (Å²) < 4.78 is 67.2. The van der Waals surface area contributed by atoms with Gasteiger partial charge in [0, 0.05) is 12.0 Å². The Morgan fingerprint density at radius 2 is 1.82 bits per heavy atom. The lowest BCUT2D eigenvalue weighted by Gasteiger charge is -2.17. The molecule has 0 saturated carbocycles. The minimum absolute atomic E-state index is 0.0573. The topological polar surface area (TPSA) is 94.1 Å². The highest BCUT2D eigenvalue weighted by atomic mass is 19.4. The SMILES string of the molecule is COc1cc(CC(OC(C)C)C(=O)O)ccc1NC(=O)OCc1ccc(C(F)(F)F)cc1F. The second-order valence-electron chi connectivity index (χ2n) is 7.26. The lowest BCUT2D eigenvalue weighted by Crippen LogP contribution is -2.29. The first-order valence-electron chi connectivity index (χ1n) is 9.75. The van der Waals surface area contributed by atoms with Gasteiger partial charge in [-0.3, -0.25) is 5.32 Å². The standard InChI is InChI=1S/C22H23F4NO6/c1-12(2)33-19(20(28)29)9-13-4-7-17(18(8-13)31-3)27-21(30)32-11-14-5-6-15(10-16(14)23)22(24,25)26/h4-8,10,12,19H,9,11H2,1-3H3,(H,27,30)(H,28,29). The highest BCUT2D eigenvalue weighted by Crippen LogP contribution is 2.30. The molecular weight excluding hydrogens is 450 g/mol. The van der Waals surface area contributed by atoms with Gasteiger partial charge in [-0.2, -0.15) is 13.2 Å². The third kappa shape index (κ3) is 7.63. The van der Waals surface area contributed by atoms with E-state index in [4.69, 9.17) is 14.2 Å². The Kier molecular flexibility index (Phi) is 8.63. The summed E-state index contributed by atoms with van der Waals surface area (Å²) in [5, 5.41) is 11.7. The van der Waals surface area contributed by atoms with Gasteiger partial charge in [0.05, 0.1) is 24.5 Å². The molecule has 1 amide bonds. The zero-order valence-electron chi connectivity index (χ0n) is 18.0. The van der Waals surface area contributed by atoms with Crippen LogP contribution in [0, 0.1) is 5.82 Å². The van der Waals surface area contributed by atoms with Gasteiger partial charge < -0.3 is 19.3 Å². The number of hydrogen-bond acceptors (Lipinski definition) is 5. The van der Waals surface area contributed by atoms with Gasteiger partial charge in [0.15, 0.2) is 6.10 Å². The summed E-state index contributed by atoms with van der Waals surface area (Å²) in [4.78, 5) is 23.5. The molecule has 2 N–H and O–H groups in total. The number of benzene rings is 2. The van der Waals surface area contributed by atoms with Crippen LogP contribution in [0.1, 0.15) is 30.5 Å². The molecule has 0 fully saturated rings. The number of alkyl halides is 3. The van der Waals surface area contributed by atoms with E-state index in [1.807, 2.05) is 0 Å². The van der Waals surface area contributed by atoms with Gasteiger partial charge in [-0.15, -0.1) is 0 Å². The Morgan fingerprint density at radius 3 is 2.36 bits per heavy atom. The van der Waals surface area contributed by atoms with Crippen LogP contribution >= 0.6 is 0 Å². The van der Waals surface area contributed by atoms with Crippen molar-refractivity contribution in [3.63, 3.8) is 0 Å². The highest BCUT2D eigenvalue weighted by molar-refractivity contribution is 5.86. The Labute approximate surface area is 187 Å². The number of carbonyl (C=O) groups excluding carboxylic acids is 1. The molecular formula is C22H23F4NO6. The minimum Gasteiger partial charge on any atom is -0.495 e. The Bertz CT molecular complexity index is 993. The lowest BCUT2D eigenvalue weighted by atomic mass is 10.1. The monoisotopic (exact) mass is 473 g/mol. The number of carbonyl (C=O) groups is 2. The maximum Gasteiger partial charge on any atom is 0.416 e. The van der Waals surface area contributed by atoms with Crippen LogP contribution in [-0.2, 0) is 33.5 Å². The number of aliphatic carboxylic acids is 1. The van der Waals surface area contributed by atoms with Crippen LogP contribution in [0.5, 0.6) is 5.75 Å². The quantitative estimate of drug-likeness (QED) is 0.497. The maximum absolute atomic E-state index is 13.9. The first-order valence-corrected chi connectivity index (χ1v) is 9.75. The lowest BCUT2D eigenvalue weighted by molar-refractivity contribution is -0.153. The number of amides is 1. The second kappa shape index (κ2) is 11.0. The molecule has 33 heavy (non-hydrogen) atoms. The van der Waals surface area contributed by atoms with Crippen molar-refractivity contribution in [3.05, 3.63) is 58.9 Å². The molecule has 0 bridgehead atoms. The van der Waals surface area contributed by atoms with Crippen molar-refractivity contribution in [3.8, 4) is 5.75 Å². The predicted octanol–water partition coefficient (Wildman–Crippen LogP) is 5.02. The van der Waals surface area contributed by atoms with Gasteiger partial charge >= 0.3 is 18.2 Å². The van der Waals surface area contributed by atoms with E-state index >= 15 is 0 Å². The van der Waals surface area contributed by atoms with E-state index in [2.05, 4.69) is 5.32 Å². The highest BCUT2D eigenvalue weighted by Gasteiger charge is 2.31. The van der Waals surface area contributed by atoms with Crippen LogP contribution in [0.4, 0.5) is 28.0 Å². The molecule has 1 unspecified atom stereocenters. The van der Waals surface area contributed by atoms with E-state index in [1.165, 1.54) is 19.2 Å². The summed E-state index contributed by atoms with van der Waals surface area (Å²) in [6.45, 7) is 2.83. The average molecular weight is 473 g/mol. The molecule has 2 aromatic rings. The van der Waals surface area contributed by atoms with E-state index in [0.29, 0.717) is 17.7 Å². The van der Waals surface area contributed by atoms with Gasteiger partial charge in [-0.05, 0) is 43.7 Å². The zero-order chi connectivity index (χ0) is 24.8. The van der Waals surface area contributed by atoms with E-state index in [0.717, 1.165) is 6.07 Å². The molecule has 0 heterocycles. The van der Waals surface area contributed by atoms with E-state index < -0.39 is 42.3 Å². The van der Waals surface area contributed by atoms with Crippen LogP contribution in [0.25, 0.3) is 0 Å². The predicted molar refractivity (Wildman–Crippen MR) is 110 cm³/mol. The molecule has 0 aliphatic rings. The number of halogens is 4. The minimum atomic E-state index is -4.69. The van der Waals surface area contributed by atoms with Crippen LogP contribution in [0.2, 0.25) is 0 Å². The van der Waals surface area contributed by atoms with Crippen molar-refractivity contribution < 1.29 is 46.5 Å². The first kappa shape index (κ1) is 25.9. The summed E-state index contributed by atoms with van der Waals surface area (Å²) in [5.74, 6) is -2.07. The summed E-state index contributed by atoms with van der Waals surface area (Å²) in [7, 11) is 1.34. The van der Waals surface area contributed by atoms with Gasteiger partial charge in [0.25, 0.3) is 0 Å². The molecule has 11 heteroatoms. The molecule has 2 rings (SSSR count). The van der Waals surface area contributed by atoms with Crippen molar-refractivity contribution >= 4 is 17.7 Å². The van der Waals surface area contributed by atoms with Gasteiger partial charge in [-0.1, -0.05) is 12.1 Å². The van der Waals surface area contributed by atoms with Crippen LogP contribution in [0.15, 0.2) is 36.4 Å². The smallest absolute Gasteiger partial charge is 0.416 e. The fraction of sp³-hybridized carbons (Fsp3) is 0.364. The molecule has 180 valence electrons. The van der Waals surface area contributed by atoms with Crippen molar-refractivity contribution in [2.24, 2.45) is 0 Å². The molecule has 0 aromatic heterocycles. The fourth-order valence-electron chi connectivity index (χ4n) is 2.83. The third-order valence-corrected chi connectivity index (χ3v) is 4.37. The van der Waals surface area contributed by atoms with Crippen molar-refractivity contribution in [2.45, 2.75) is 45.3 Å². The number of hydrogen-bond donors (Lipinski definition) is 2. The number of ether oxygens (including phenoxy) is 3. The Balaban J connectivity index is 2.03. The second-order valence-corrected chi connectivity index (χ2v) is 7.26. The number of carboxylic acids is 1. The van der Waals surface area contributed by atoms with Crippen molar-refractivity contribution in [1.29, 1.82) is 0 Å². The molecule has 0 aliphatic carbocycles. The number of carboxylic acid groups (broad SMARTS) is 1. The number of nitrogens with one attached hydrogen (secondary N) is 1. The number of methoxy groups -OCH3 is 1. The number of anilines is 1. The summed E-state index contributed by atoms with van der Waals surface area (Å²) in [6.07, 6.45) is -6.99. The summed E-state index contributed by atoms with van der Waals surface area (Å²) in [5.41, 5.74) is -0.617. The van der Waals surface area contributed by atoms with Crippen LogP contribution < -0.4 is 10.1 Å². The Hall–Kier alpha value is -3.34. The molecule has 0 aliphatic heterocycles. The Morgan fingerprint density at radius 1 is 1.12 bits per heavy atom. The summed E-state index contributed by atoms with van der Waals surface area (Å²) in [6, 6.07) is 6.44. The number of rotatable bonds is 9. The molecule has 7 nitrogen and oxygen atoms in total.